The molecule has 0 amide bonds. The van der Waals surface area contributed by atoms with E-state index < -0.39 is 105 Å². The summed E-state index contributed by atoms with van der Waals surface area (Å²) in [7, 11) is 0. The van der Waals surface area contributed by atoms with Crippen LogP contribution in [0.15, 0.2) is 36.4 Å². The molecule has 0 radical (unpaired) electrons. The number of Topliss-reactive ketones (excluding diaryl/α,β-unsaturated/α-hetero) is 2. The molecule has 1 aliphatic rings. The second-order valence-corrected chi connectivity index (χ2v) is 8.62. The van der Waals surface area contributed by atoms with E-state index in [2.05, 4.69) is 0 Å². The Morgan fingerprint density at radius 1 is 0.357 bits per heavy atom. The Kier molecular flexibility index (Phi) is 7.09. The van der Waals surface area contributed by atoms with Gasteiger partial charge in [-0.05, 0) is 35.4 Å². The van der Waals surface area contributed by atoms with E-state index in [-0.39, 0.29) is 24.3 Å². The van der Waals surface area contributed by atoms with Gasteiger partial charge in [-0.1, -0.05) is 12.1 Å². The van der Waals surface area contributed by atoms with Crippen LogP contribution in [0.5, 0.6) is 0 Å². The molecule has 0 spiro atoms. The van der Waals surface area contributed by atoms with Crippen LogP contribution in [0.25, 0.3) is 11.1 Å². The van der Waals surface area contributed by atoms with Crippen LogP contribution in [-0.4, -0.2) is 47.6 Å². The molecule has 0 N–H and O–H groups in total. The molecule has 0 aromatic heterocycles. The monoisotopic (exact) mass is 644 g/mol. The third kappa shape index (κ3) is 4.22. The lowest BCUT2D eigenvalue weighted by Crippen LogP contribution is -2.59. The molecule has 0 bridgehead atoms. The van der Waals surface area contributed by atoms with Crippen molar-refractivity contribution in [1.82, 2.24) is 0 Å². The van der Waals surface area contributed by atoms with Gasteiger partial charge in [0.15, 0.2) is 0 Å². The molecule has 232 valence electrons. The van der Waals surface area contributed by atoms with Gasteiger partial charge in [0.25, 0.3) is 0 Å². The zero-order valence-corrected chi connectivity index (χ0v) is 19.1. The van der Waals surface area contributed by atoms with E-state index in [9.17, 15) is 88.6 Å². The van der Waals surface area contributed by atoms with Gasteiger partial charge in [-0.15, -0.1) is 0 Å². The fourth-order valence-corrected chi connectivity index (χ4v) is 3.68. The van der Waals surface area contributed by atoms with Gasteiger partial charge in [0, 0.05) is 22.3 Å². The Hall–Kier alpha value is -3.48. The summed E-state index contributed by atoms with van der Waals surface area (Å²) in [6, 6.07) is -1.73. The van der Waals surface area contributed by atoms with Crippen molar-refractivity contribution < 1.29 is 88.6 Å². The molecule has 1 aliphatic carbocycles. The van der Waals surface area contributed by atoms with Crippen molar-refractivity contribution in [3.8, 4) is 11.1 Å². The van der Waals surface area contributed by atoms with Crippen molar-refractivity contribution in [2.75, 3.05) is 0 Å². The Balaban J connectivity index is 2.29. The molecule has 2 aromatic carbocycles. The number of fused-ring (bicyclic) bond motifs is 3. The molecule has 42 heavy (non-hydrogen) atoms. The first kappa shape index (κ1) is 33.0. The highest BCUT2D eigenvalue weighted by Crippen LogP contribution is 2.59. The zero-order valence-electron chi connectivity index (χ0n) is 19.1. The van der Waals surface area contributed by atoms with Crippen molar-refractivity contribution in [3.05, 3.63) is 58.7 Å². The zero-order chi connectivity index (χ0) is 32.9. The highest BCUT2D eigenvalue weighted by atomic mass is 19.4. The molecular weight excluding hydrogens is 638 g/mol. The number of ketones is 2. The first-order chi connectivity index (χ1) is 18.5. The van der Waals surface area contributed by atoms with Crippen molar-refractivity contribution >= 4 is 11.6 Å². The van der Waals surface area contributed by atoms with Crippen LogP contribution in [0.4, 0.5) is 79.0 Å². The topological polar surface area (TPSA) is 34.1 Å². The van der Waals surface area contributed by atoms with E-state index in [1.807, 2.05) is 0 Å². The van der Waals surface area contributed by atoms with Gasteiger partial charge < -0.3 is 0 Å². The molecule has 0 saturated carbocycles. The lowest BCUT2D eigenvalue weighted by atomic mass is 9.80. The van der Waals surface area contributed by atoms with Crippen molar-refractivity contribution in [3.63, 3.8) is 0 Å². The Morgan fingerprint density at radius 3 is 0.857 bits per heavy atom. The summed E-state index contributed by atoms with van der Waals surface area (Å²) in [5.41, 5.74) is -10.3. The van der Waals surface area contributed by atoms with Gasteiger partial charge in [0.05, 0.1) is 0 Å². The number of halogens is 18. The lowest BCUT2D eigenvalue weighted by Gasteiger charge is -2.34. The summed E-state index contributed by atoms with van der Waals surface area (Å²) in [5.74, 6) is -46.0. The Bertz CT molecular complexity index is 1340. The minimum absolute atomic E-state index is 0.0409. The van der Waals surface area contributed by atoms with E-state index in [0.717, 1.165) is 0 Å². The highest BCUT2D eigenvalue weighted by Gasteiger charge is 2.83. The Labute approximate surface area is 218 Å². The van der Waals surface area contributed by atoms with Crippen LogP contribution >= 0.6 is 0 Å². The molecule has 20 heteroatoms. The molecule has 0 saturated heterocycles. The first-order valence-corrected chi connectivity index (χ1v) is 10.3. The Morgan fingerprint density at radius 2 is 0.619 bits per heavy atom. The van der Waals surface area contributed by atoms with Crippen LogP contribution in [0, 0.1) is 0 Å². The molecule has 2 nitrogen and oxygen atoms in total. The minimum Gasteiger partial charge on any atom is -0.285 e. The smallest absolute Gasteiger partial charge is 0.285 e. The third-order valence-electron chi connectivity index (χ3n) is 6.04. The van der Waals surface area contributed by atoms with Crippen molar-refractivity contribution in [2.24, 2.45) is 0 Å². The highest BCUT2D eigenvalue weighted by molar-refractivity contribution is 6.53. The van der Waals surface area contributed by atoms with Gasteiger partial charge in [-0.3, -0.25) is 9.59 Å². The summed E-state index contributed by atoms with van der Waals surface area (Å²) in [6.07, 6.45) is -14.5. The third-order valence-corrected chi connectivity index (χ3v) is 6.04. The van der Waals surface area contributed by atoms with E-state index in [4.69, 9.17) is 0 Å². The van der Waals surface area contributed by atoms with Gasteiger partial charge >= 0.3 is 47.9 Å². The van der Waals surface area contributed by atoms with Gasteiger partial charge in [0.1, 0.15) is 0 Å². The molecule has 0 aliphatic heterocycles. The quantitative estimate of drug-likeness (QED) is 0.233. The van der Waals surface area contributed by atoms with E-state index >= 15 is 0 Å². The molecule has 0 fully saturated rings. The fourth-order valence-electron chi connectivity index (χ4n) is 3.68. The number of rotatable bonds is 6. The SMILES string of the molecule is O=C1C(=O)c2ccc(C(F)(F)C(F)(F)C(F)(F)C(F)(F)F)cc2-c2cc(C(F)(F)C(F)(F)C(F)(F)C(F)(F)F)ccc21. The molecule has 0 unspecified atom stereocenters. The summed E-state index contributed by atoms with van der Waals surface area (Å²) in [4.78, 5) is 24.5. The number of hydrogen-bond acceptors (Lipinski definition) is 2. The number of hydrogen-bond donors (Lipinski definition) is 0. The second-order valence-electron chi connectivity index (χ2n) is 8.62. The van der Waals surface area contributed by atoms with E-state index in [0.29, 0.717) is 0 Å². The lowest BCUT2D eigenvalue weighted by molar-refractivity contribution is -0.399. The largest absolute Gasteiger partial charge is 0.460 e. The van der Waals surface area contributed by atoms with Crippen molar-refractivity contribution in [2.45, 2.75) is 47.9 Å². The van der Waals surface area contributed by atoms with Gasteiger partial charge in [0.2, 0.25) is 11.6 Å². The predicted molar refractivity (Wildman–Crippen MR) is 100 cm³/mol. The maximum absolute atomic E-state index is 14.5. The number of carbonyl (C=O) groups excluding carboxylic acids is 2. The van der Waals surface area contributed by atoms with Crippen molar-refractivity contribution in [1.29, 1.82) is 0 Å². The standard InChI is InChI=1S/C22H6F18O2/c23-15(24,17(27,28)19(31,32)21(35,36)37)7-1-3-9-11(5-7)12-6-8(2-4-10(12)14(42)13(9)41)16(25,26)18(29,30)20(33,34)22(38,39)40/h1-6H. The van der Waals surface area contributed by atoms with Crippen LogP contribution in [0.2, 0.25) is 0 Å². The number of alkyl halides is 18. The van der Waals surface area contributed by atoms with Crippen LogP contribution < -0.4 is 0 Å². The summed E-state index contributed by atoms with van der Waals surface area (Å²) in [6.45, 7) is 0. The predicted octanol–water partition coefficient (Wildman–Crippen LogP) is 8.58. The summed E-state index contributed by atoms with van der Waals surface area (Å²) in [5, 5.41) is 0. The maximum Gasteiger partial charge on any atom is 0.460 e. The number of benzene rings is 2. The van der Waals surface area contributed by atoms with Crippen LogP contribution in [0.1, 0.15) is 31.8 Å². The van der Waals surface area contributed by atoms with Crippen LogP contribution in [-0.2, 0) is 11.8 Å². The van der Waals surface area contributed by atoms with Crippen LogP contribution in [0.3, 0.4) is 0 Å². The average Bonchev–Trinajstić information content (AvgIpc) is 2.84. The summed E-state index contributed by atoms with van der Waals surface area (Å²) >= 11 is 0. The normalized spacial score (nSPS) is 16.0. The molecule has 3 rings (SSSR count). The second kappa shape index (κ2) is 9.01. The van der Waals surface area contributed by atoms with Gasteiger partial charge in [-0.2, -0.15) is 79.0 Å². The fraction of sp³-hybridized carbons (Fsp3) is 0.364. The van der Waals surface area contributed by atoms with Gasteiger partial charge in [-0.25, -0.2) is 0 Å². The first-order valence-electron chi connectivity index (χ1n) is 10.3. The van der Waals surface area contributed by atoms with E-state index in [1.54, 1.807) is 0 Å². The molecule has 0 heterocycles. The molecule has 0 atom stereocenters. The maximum atomic E-state index is 14.5. The number of carbonyl (C=O) groups is 2. The molecular formula is C22H6F18O2. The summed E-state index contributed by atoms with van der Waals surface area (Å²) < 4.78 is 241. The minimum atomic E-state index is -7.42. The molecule has 2 aromatic rings. The average molecular weight is 644 g/mol. The van der Waals surface area contributed by atoms with E-state index in [1.165, 1.54) is 0 Å².